The molecule has 3 nitrogen and oxygen atoms in total. The minimum atomic E-state index is -0.205. The lowest BCUT2D eigenvalue weighted by molar-refractivity contribution is 0.412. The van der Waals surface area contributed by atoms with Gasteiger partial charge in [-0.05, 0) is 24.6 Å². The predicted octanol–water partition coefficient (Wildman–Crippen LogP) is 1.97. The summed E-state index contributed by atoms with van der Waals surface area (Å²) < 4.78 is 5.20. The van der Waals surface area contributed by atoms with Crippen LogP contribution in [0.1, 0.15) is 12.5 Å². The molecular formula is C11H14N2OS. The van der Waals surface area contributed by atoms with Crippen LogP contribution in [0.5, 0.6) is 5.75 Å². The van der Waals surface area contributed by atoms with Crippen molar-refractivity contribution in [3.05, 3.63) is 29.8 Å². The van der Waals surface area contributed by atoms with Gasteiger partial charge in [0.1, 0.15) is 5.75 Å². The number of amidine groups is 1. The number of benzene rings is 1. The third-order valence-corrected chi connectivity index (χ3v) is 3.64. The van der Waals surface area contributed by atoms with Gasteiger partial charge in [0.05, 0.1) is 12.6 Å². The SMILES string of the molecule is COc1cccc(C2(C)CSC(N)=N2)c1. The van der Waals surface area contributed by atoms with Crippen LogP contribution in [-0.2, 0) is 5.54 Å². The minimum absolute atomic E-state index is 0.205. The van der Waals surface area contributed by atoms with E-state index in [1.54, 1.807) is 18.9 Å². The van der Waals surface area contributed by atoms with Gasteiger partial charge in [0, 0.05) is 5.75 Å². The van der Waals surface area contributed by atoms with E-state index in [1.165, 1.54) is 0 Å². The summed E-state index contributed by atoms with van der Waals surface area (Å²) in [6.45, 7) is 2.09. The van der Waals surface area contributed by atoms with Crippen molar-refractivity contribution in [2.45, 2.75) is 12.5 Å². The van der Waals surface area contributed by atoms with Gasteiger partial charge in [0.15, 0.2) is 5.17 Å². The van der Waals surface area contributed by atoms with E-state index in [2.05, 4.69) is 18.0 Å². The lowest BCUT2D eigenvalue weighted by atomic mass is 9.95. The molecule has 0 fully saturated rings. The maximum absolute atomic E-state index is 5.70. The van der Waals surface area contributed by atoms with Crippen molar-refractivity contribution in [1.82, 2.24) is 0 Å². The Morgan fingerprint density at radius 1 is 1.53 bits per heavy atom. The summed E-state index contributed by atoms with van der Waals surface area (Å²) in [5.74, 6) is 1.76. The number of hydrogen-bond donors (Lipinski definition) is 1. The van der Waals surface area contributed by atoms with Crippen LogP contribution in [0.2, 0.25) is 0 Å². The largest absolute Gasteiger partial charge is 0.497 e. The molecule has 0 amide bonds. The van der Waals surface area contributed by atoms with E-state index in [0.29, 0.717) is 5.17 Å². The summed E-state index contributed by atoms with van der Waals surface area (Å²) in [5.41, 5.74) is 6.64. The highest BCUT2D eigenvalue weighted by Crippen LogP contribution is 2.36. The molecule has 0 spiro atoms. The minimum Gasteiger partial charge on any atom is -0.497 e. The van der Waals surface area contributed by atoms with Crippen LogP contribution in [-0.4, -0.2) is 18.0 Å². The van der Waals surface area contributed by atoms with Gasteiger partial charge in [-0.15, -0.1) is 0 Å². The maximum Gasteiger partial charge on any atom is 0.154 e. The molecular weight excluding hydrogens is 208 g/mol. The second-order valence-electron chi connectivity index (χ2n) is 3.74. The molecule has 1 atom stereocenters. The van der Waals surface area contributed by atoms with Gasteiger partial charge in [0.2, 0.25) is 0 Å². The lowest BCUT2D eigenvalue weighted by Gasteiger charge is -2.20. The molecule has 1 aliphatic rings. The van der Waals surface area contributed by atoms with Crippen LogP contribution in [0, 0.1) is 0 Å². The molecule has 0 radical (unpaired) electrons. The number of methoxy groups -OCH3 is 1. The average Bonchev–Trinajstić information content (AvgIpc) is 2.60. The van der Waals surface area contributed by atoms with Crippen LogP contribution in [0.3, 0.4) is 0 Å². The van der Waals surface area contributed by atoms with Crippen molar-refractivity contribution >= 4 is 16.9 Å². The first-order valence-corrected chi connectivity index (χ1v) is 5.75. The molecule has 1 heterocycles. The van der Waals surface area contributed by atoms with E-state index in [0.717, 1.165) is 17.1 Å². The monoisotopic (exact) mass is 222 g/mol. The molecule has 0 saturated heterocycles. The lowest BCUT2D eigenvalue weighted by Crippen LogP contribution is -2.19. The van der Waals surface area contributed by atoms with Gasteiger partial charge >= 0.3 is 0 Å². The summed E-state index contributed by atoms with van der Waals surface area (Å²) in [4.78, 5) is 4.47. The Bertz CT molecular complexity index is 405. The highest BCUT2D eigenvalue weighted by Gasteiger charge is 2.31. The number of nitrogens with zero attached hydrogens (tertiary/aromatic N) is 1. The second-order valence-corrected chi connectivity index (χ2v) is 4.74. The quantitative estimate of drug-likeness (QED) is 0.832. The van der Waals surface area contributed by atoms with E-state index < -0.39 is 0 Å². The molecule has 0 saturated carbocycles. The van der Waals surface area contributed by atoms with Crippen molar-refractivity contribution in [1.29, 1.82) is 0 Å². The number of hydrogen-bond acceptors (Lipinski definition) is 4. The fraction of sp³-hybridized carbons (Fsp3) is 0.364. The fourth-order valence-corrected chi connectivity index (χ4v) is 2.55. The zero-order valence-electron chi connectivity index (χ0n) is 8.86. The Kier molecular flexibility index (Phi) is 2.61. The highest BCUT2D eigenvalue weighted by atomic mass is 32.2. The summed E-state index contributed by atoms with van der Waals surface area (Å²) in [7, 11) is 1.67. The first-order chi connectivity index (χ1) is 7.14. The molecule has 0 aromatic heterocycles. The van der Waals surface area contributed by atoms with Gasteiger partial charge < -0.3 is 10.5 Å². The zero-order chi connectivity index (χ0) is 10.9. The highest BCUT2D eigenvalue weighted by molar-refractivity contribution is 8.14. The van der Waals surface area contributed by atoms with Gasteiger partial charge in [-0.3, -0.25) is 4.99 Å². The molecule has 1 aromatic rings. The third-order valence-electron chi connectivity index (χ3n) is 2.55. The van der Waals surface area contributed by atoms with Crippen LogP contribution in [0.15, 0.2) is 29.3 Å². The Labute approximate surface area is 93.7 Å². The number of ether oxygens (including phenoxy) is 1. The molecule has 0 aliphatic carbocycles. The Morgan fingerprint density at radius 3 is 2.93 bits per heavy atom. The van der Waals surface area contributed by atoms with Gasteiger partial charge in [-0.25, -0.2) is 0 Å². The summed E-state index contributed by atoms with van der Waals surface area (Å²) in [6.07, 6.45) is 0. The van der Waals surface area contributed by atoms with Gasteiger partial charge in [-0.2, -0.15) is 0 Å². The topological polar surface area (TPSA) is 47.6 Å². The molecule has 2 N–H and O–H groups in total. The van der Waals surface area contributed by atoms with Crippen molar-refractivity contribution in [2.24, 2.45) is 10.7 Å². The van der Waals surface area contributed by atoms with E-state index in [1.807, 2.05) is 18.2 Å². The smallest absolute Gasteiger partial charge is 0.154 e. The van der Waals surface area contributed by atoms with Crippen LogP contribution >= 0.6 is 11.8 Å². The Hall–Kier alpha value is -1.16. The number of aliphatic imine (C=N–C) groups is 1. The zero-order valence-corrected chi connectivity index (χ0v) is 9.67. The molecule has 0 bridgehead atoms. The van der Waals surface area contributed by atoms with Crippen molar-refractivity contribution in [2.75, 3.05) is 12.9 Å². The normalized spacial score (nSPS) is 25.1. The molecule has 15 heavy (non-hydrogen) atoms. The Morgan fingerprint density at radius 2 is 2.33 bits per heavy atom. The molecule has 80 valence electrons. The first-order valence-electron chi connectivity index (χ1n) is 4.77. The van der Waals surface area contributed by atoms with Gasteiger partial charge in [0.25, 0.3) is 0 Å². The first kappa shape index (κ1) is 10.4. The van der Waals surface area contributed by atoms with Gasteiger partial charge in [-0.1, -0.05) is 23.9 Å². The fourth-order valence-electron chi connectivity index (χ4n) is 1.63. The third kappa shape index (κ3) is 1.95. The second kappa shape index (κ2) is 3.77. The van der Waals surface area contributed by atoms with Crippen LogP contribution in [0.25, 0.3) is 0 Å². The average molecular weight is 222 g/mol. The van der Waals surface area contributed by atoms with Crippen molar-refractivity contribution in [3.63, 3.8) is 0 Å². The number of rotatable bonds is 2. The van der Waals surface area contributed by atoms with E-state index in [9.17, 15) is 0 Å². The Balaban J connectivity index is 2.37. The van der Waals surface area contributed by atoms with Crippen LogP contribution in [0.4, 0.5) is 0 Å². The summed E-state index contributed by atoms with van der Waals surface area (Å²) >= 11 is 1.60. The predicted molar refractivity (Wildman–Crippen MR) is 64.4 cm³/mol. The summed E-state index contributed by atoms with van der Waals surface area (Å²) in [5, 5.41) is 0.667. The van der Waals surface area contributed by atoms with E-state index in [4.69, 9.17) is 10.5 Å². The standard InChI is InChI=1S/C11H14N2OS/c1-11(7-15-10(12)13-11)8-4-3-5-9(6-8)14-2/h3-6H,7H2,1-2H3,(H2,12,13). The molecule has 1 aromatic carbocycles. The van der Waals surface area contributed by atoms with Crippen molar-refractivity contribution < 1.29 is 4.74 Å². The van der Waals surface area contributed by atoms with Crippen molar-refractivity contribution in [3.8, 4) is 5.75 Å². The molecule has 4 heteroatoms. The van der Waals surface area contributed by atoms with E-state index in [-0.39, 0.29) is 5.54 Å². The maximum atomic E-state index is 5.70. The molecule has 2 rings (SSSR count). The van der Waals surface area contributed by atoms with E-state index >= 15 is 0 Å². The number of thioether (sulfide) groups is 1. The molecule has 1 unspecified atom stereocenters. The number of nitrogens with two attached hydrogens (primary N) is 1. The summed E-state index contributed by atoms with van der Waals surface area (Å²) in [6, 6.07) is 7.99. The molecule has 1 aliphatic heterocycles. The van der Waals surface area contributed by atoms with Crippen LogP contribution < -0.4 is 10.5 Å².